The maximum Gasteiger partial charge on any atom is 0.131 e. The van der Waals surface area contributed by atoms with Crippen molar-refractivity contribution >= 4 is 33.2 Å². The van der Waals surface area contributed by atoms with Crippen LogP contribution in [0, 0.1) is 13.8 Å². The molecule has 26 heavy (non-hydrogen) atoms. The summed E-state index contributed by atoms with van der Waals surface area (Å²) in [7, 11) is 0. The molecule has 4 nitrogen and oxygen atoms in total. The summed E-state index contributed by atoms with van der Waals surface area (Å²) >= 11 is 0. The fourth-order valence-corrected chi connectivity index (χ4v) is 2.71. The van der Waals surface area contributed by atoms with E-state index < -0.39 is 0 Å². The number of nitrogen functional groups attached to an aromatic ring is 2. The van der Waals surface area contributed by atoms with Gasteiger partial charge in [0.25, 0.3) is 0 Å². The summed E-state index contributed by atoms with van der Waals surface area (Å²) in [6.45, 7) is 8.14. The molecule has 2 heterocycles. The quantitative estimate of drug-likeness (QED) is 0.454. The molecular formula is C22H26N4. The van der Waals surface area contributed by atoms with E-state index in [1.165, 1.54) is 16.5 Å². The molecule has 0 saturated carbocycles. The van der Waals surface area contributed by atoms with Crippen LogP contribution in [0.1, 0.15) is 25.0 Å². The van der Waals surface area contributed by atoms with Gasteiger partial charge < -0.3 is 11.5 Å². The van der Waals surface area contributed by atoms with Crippen LogP contribution in [0.25, 0.3) is 21.5 Å². The van der Waals surface area contributed by atoms with Gasteiger partial charge in [-0.25, -0.2) is 9.97 Å². The van der Waals surface area contributed by atoms with Crippen LogP contribution in [0.2, 0.25) is 0 Å². The number of hydrogen-bond acceptors (Lipinski definition) is 4. The molecule has 0 unspecified atom stereocenters. The van der Waals surface area contributed by atoms with Crippen molar-refractivity contribution in [3.05, 3.63) is 72.1 Å². The Balaban J connectivity index is 0.000000171. The fraction of sp³-hybridized carbons (Fsp3) is 0.182. The maximum atomic E-state index is 5.71. The molecule has 2 aromatic heterocycles. The lowest BCUT2D eigenvalue weighted by atomic mass is 10.1. The highest BCUT2D eigenvalue weighted by Crippen LogP contribution is 2.21. The monoisotopic (exact) mass is 346 g/mol. The van der Waals surface area contributed by atoms with E-state index in [0.717, 1.165) is 16.2 Å². The molecule has 4 heteroatoms. The Labute approximate surface area is 154 Å². The van der Waals surface area contributed by atoms with Crippen molar-refractivity contribution in [1.82, 2.24) is 9.97 Å². The van der Waals surface area contributed by atoms with E-state index in [9.17, 15) is 0 Å². The minimum absolute atomic E-state index is 0.604. The molecular weight excluding hydrogens is 320 g/mol. The van der Waals surface area contributed by atoms with E-state index in [1.807, 2.05) is 50.2 Å². The number of hydrogen-bond donors (Lipinski definition) is 2. The second-order valence-corrected chi connectivity index (χ2v) is 5.79. The van der Waals surface area contributed by atoms with Gasteiger partial charge in [0.05, 0.1) is 0 Å². The lowest BCUT2D eigenvalue weighted by Gasteiger charge is -2.02. The molecule has 134 valence electrons. The van der Waals surface area contributed by atoms with Crippen LogP contribution in [-0.4, -0.2) is 9.97 Å². The molecule has 2 aromatic carbocycles. The number of aromatic nitrogens is 2. The van der Waals surface area contributed by atoms with Crippen molar-refractivity contribution < 1.29 is 0 Å². The van der Waals surface area contributed by atoms with Crippen LogP contribution in [-0.2, 0) is 0 Å². The number of pyridine rings is 2. The predicted octanol–water partition coefficient (Wildman–Crippen LogP) is 5.28. The summed E-state index contributed by atoms with van der Waals surface area (Å²) in [4.78, 5) is 8.04. The minimum Gasteiger partial charge on any atom is -0.383 e. The Morgan fingerprint density at radius 3 is 2.04 bits per heavy atom. The molecule has 4 aromatic rings. The Morgan fingerprint density at radius 1 is 0.692 bits per heavy atom. The number of aryl methyl sites for hydroxylation is 2. The van der Waals surface area contributed by atoms with Gasteiger partial charge in [-0.2, -0.15) is 0 Å². The van der Waals surface area contributed by atoms with E-state index in [0.29, 0.717) is 11.6 Å². The Bertz CT molecular complexity index is 968. The number of rotatable bonds is 0. The first-order chi connectivity index (χ1) is 12.6. The predicted molar refractivity (Wildman–Crippen MR) is 113 cm³/mol. The lowest BCUT2D eigenvalue weighted by Crippen LogP contribution is -1.91. The highest BCUT2D eigenvalue weighted by atomic mass is 14.8. The third kappa shape index (κ3) is 4.28. The third-order valence-corrected chi connectivity index (χ3v) is 4.01. The number of benzene rings is 2. The van der Waals surface area contributed by atoms with Gasteiger partial charge >= 0.3 is 0 Å². The number of fused-ring (bicyclic) bond motifs is 2. The zero-order valence-electron chi connectivity index (χ0n) is 15.8. The first-order valence-corrected chi connectivity index (χ1v) is 8.77. The largest absolute Gasteiger partial charge is 0.383 e. The Morgan fingerprint density at radius 2 is 1.35 bits per heavy atom. The summed E-state index contributed by atoms with van der Waals surface area (Å²) in [5, 5.41) is 4.41. The molecule has 0 saturated heterocycles. The highest BCUT2D eigenvalue weighted by Gasteiger charge is 1.99. The standard InChI is InChI=1S/2C10H10N2.C2H6/c1-7-2-3-9-8(6-7)4-5-12-10(9)11;1-7-3-2-4-9-8(7)5-6-12-10(9)11;1-2/h2*2-6H,1H3,(H2,11,12);1-2H3. The average molecular weight is 346 g/mol. The van der Waals surface area contributed by atoms with Crippen LogP contribution in [0.15, 0.2) is 60.9 Å². The van der Waals surface area contributed by atoms with Crippen molar-refractivity contribution in [2.45, 2.75) is 27.7 Å². The fourth-order valence-electron chi connectivity index (χ4n) is 2.71. The average Bonchev–Trinajstić information content (AvgIpc) is 2.65. The summed E-state index contributed by atoms with van der Waals surface area (Å²) in [6, 6.07) is 16.2. The topological polar surface area (TPSA) is 77.8 Å². The molecule has 0 atom stereocenters. The number of nitrogens with two attached hydrogens (primary N) is 2. The maximum absolute atomic E-state index is 5.71. The van der Waals surface area contributed by atoms with Crippen molar-refractivity contribution in [2.75, 3.05) is 11.5 Å². The van der Waals surface area contributed by atoms with Crippen molar-refractivity contribution in [3.8, 4) is 0 Å². The summed E-state index contributed by atoms with van der Waals surface area (Å²) in [5.41, 5.74) is 13.9. The van der Waals surface area contributed by atoms with E-state index >= 15 is 0 Å². The lowest BCUT2D eigenvalue weighted by molar-refractivity contribution is 1.36. The van der Waals surface area contributed by atoms with Crippen LogP contribution < -0.4 is 11.5 Å². The van der Waals surface area contributed by atoms with Crippen molar-refractivity contribution in [2.24, 2.45) is 0 Å². The molecule has 0 amide bonds. The van der Waals surface area contributed by atoms with Gasteiger partial charge in [0, 0.05) is 23.2 Å². The Kier molecular flexibility index (Phi) is 6.50. The summed E-state index contributed by atoms with van der Waals surface area (Å²) in [5.74, 6) is 1.21. The Hall–Kier alpha value is -3.14. The SMILES string of the molecule is CC.Cc1ccc2c(N)nccc2c1.Cc1cccc2c(N)nccc12. The minimum atomic E-state index is 0.604. The van der Waals surface area contributed by atoms with Gasteiger partial charge in [-0.3, -0.25) is 0 Å². The van der Waals surface area contributed by atoms with Gasteiger partial charge in [-0.15, -0.1) is 0 Å². The van der Waals surface area contributed by atoms with E-state index in [-0.39, 0.29) is 0 Å². The molecule has 0 spiro atoms. The van der Waals surface area contributed by atoms with Gasteiger partial charge in [-0.1, -0.05) is 55.8 Å². The number of nitrogens with zero attached hydrogens (tertiary/aromatic N) is 2. The second-order valence-electron chi connectivity index (χ2n) is 5.79. The van der Waals surface area contributed by atoms with Crippen LogP contribution >= 0.6 is 0 Å². The number of anilines is 2. The van der Waals surface area contributed by atoms with Gasteiger partial charge in [-0.05, 0) is 42.3 Å². The first-order valence-electron chi connectivity index (χ1n) is 8.77. The molecule has 0 radical (unpaired) electrons. The molecule has 0 aliphatic rings. The molecule has 0 bridgehead atoms. The first kappa shape index (κ1) is 19.2. The van der Waals surface area contributed by atoms with Gasteiger partial charge in [0.2, 0.25) is 0 Å². The highest BCUT2D eigenvalue weighted by molar-refractivity contribution is 5.93. The van der Waals surface area contributed by atoms with Crippen LogP contribution in [0.3, 0.4) is 0 Å². The van der Waals surface area contributed by atoms with Crippen molar-refractivity contribution in [1.29, 1.82) is 0 Å². The zero-order valence-corrected chi connectivity index (χ0v) is 15.8. The summed E-state index contributed by atoms with van der Waals surface area (Å²) < 4.78 is 0. The van der Waals surface area contributed by atoms with Crippen LogP contribution in [0.5, 0.6) is 0 Å². The van der Waals surface area contributed by atoms with Gasteiger partial charge in [0.15, 0.2) is 0 Å². The smallest absolute Gasteiger partial charge is 0.131 e. The third-order valence-electron chi connectivity index (χ3n) is 4.01. The normalized spacial score (nSPS) is 9.85. The molecule has 4 rings (SSSR count). The molecule has 0 aliphatic carbocycles. The second kappa shape index (κ2) is 8.81. The van der Waals surface area contributed by atoms with E-state index in [4.69, 9.17) is 11.5 Å². The molecule has 0 fully saturated rings. The van der Waals surface area contributed by atoms with Crippen molar-refractivity contribution in [3.63, 3.8) is 0 Å². The van der Waals surface area contributed by atoms with Gasteiger partial charge in [0.1, 0.15) is 11.6 Å². The van der Waals surface area contributed by atoms with E-state index in [2.05, 4.69) is 35.9 Å². The molecule has 4 N–H and O–H groups in total. The van der Waals surface area contributed by atoms with E-state index in [1.54, 1.807) is 12.4 Å². The van der Waals surface area contributed by atoms with Crippen LogP contribution in [0.4, 0.5) is 11.6 Å². The molecule has 0 aliphatic heterocycles. The summed E-state index contributed by atoms with van der Waals surface area (Å²) in [6.07, 6.45) is 3.47. The zero-order chi connectivity index (χ0) is 19.1.